The maximum Gasteiger partial charge on any atom is 0.150 e. The van der Waals surface area contributed by atoms with E-state index in [1.807, 2.05) is 0 Å². The topological polar surface area (TPSA) is 78.0 Å². The zero-order valence-corrected chi connectivity index (χ0v) is 9.28. The lowest BCUT2D eigenvalue weighted by molar-refractivity contribution is 0.465. The zero-order valence-electron chi connectivity index (χ0n) is 8.46. The summed E-state index contributed by atoms with van der Waals surface area (Å²) in [6.45, 7) is 0.747. The second-order valence-electron chi connectivity index (χ2n) is 4.09. The minimum Gasteiger partial charge on any atom is -0.396 e. The average Bonchev–Trinajstić information content (AvgIpc) is 2.69. The molecular weight excluding hydrogens is 214 g/mol. The predicted octanol–water partition coefficient (Wildman–Crippen LogP) is 0.290. The van der Waals surface area contributed by atoms with Crippen LogP contribution >= 0.6 is 0 Å². The van der Waals surface area contributed by atoms with Crippen LogP contribution in [0.25, 0.3) is 0 Å². The number of rotatable bonds is 3. The Labute approximate surface area is 89.2 Å². The molecule has 2 heterocycles. The van der Waals surface area contributed by atoms with Crippen molar-refractivity contribution in [3.63, 3.8) is 0 Å². The maximum atomic E-state index is 11.2. The molecule has 1 atom stereocenters. The summed E-state index contributed by atoms with van der Waals surface area (Å²) >= 11 is 0. The summed E-state index contributed by atoms with van der Waals surface area (Å²) in [6.07, 6.45) is 5.02. The molecule has 1 aromatic rings. The van der Waals surface area contributed by atoms with Gasteiger partial charge >= 0.3 is 0 Å². The maximum absolute atomic E-state index is 11.2. The van der Waals surface area contributed by atoms with Crippen LogP contribution in [0, 0.1) is 5.92 Å². The van der Waals surface area contributed by atoms with Crippen molar-refractivity contribution in [1.29, 1.82) is 0 Å². The van der Waals surface area contributed by atoms with E-state index >= 15 is 0 Å². The molecule has 2 rings (SSSR count). The van der Waals surface area contributed by atoms with Gasteiger partial charge in [-0.2, -0.15) is 5.10 Å². The van der Waals surface area contributed by atoms with Crippen molar-refractivity contribution in [3.8, 4) is 0 Å². The molecule has 0 amide bonds. The lowest BCUT2D eigenvalue weighted by Crippen LogP contribution is -2.08. The Bertz CT molecular complexity index is 438. The molecule has 0 aromatic carbocycles. The molecule has 84 valence electrons. The van der Waals surface area contributed by atoms with Gasteiger partial charge in [0, 0.05) is 12.7 Å². The quantitative estimate of drug-likeness (QED) is 0.808. The van der Waals surface area contributed by atoms with Gasteiger partial charge in [-0.15, -0.1) is 0 Å². The van der Waals surface area contributed by atoms with E-state index in [2.05, 4.69) is 5.10 Å². The second-order valence-corrected chi connectivity index (χ2v) is 6.32. The predicted molar refractivity (Wildman–Crippen MR) is 58.0 cm³/mol. The van der Waals surface area contributed by atoms with Crippen molar-refractivity contribution < 1.29 is 8.42 Å². The summed E-state index contributed by atoms with van der Waals surface area (Å²) in [6, 6.07) is 0. The highest BCUT2D eigenvalue weighted by atomic mass is 32.2. The SMILES string of the molecule is Nc1cnn(CCC2CCS(=O)(=O)C2)c1. The van der Waals surface area contributed by atoms with Crippen LogP contribution in [-0.2, 0) is 16.4 Å². The Morgan fingerprint density at radius 3 is 2.93 bits per heavy atom. The third-order valence-electron chi connectivity index (χ3n) is 2.75. The summed E-state index contributed by atoms with van der Waals surface area (Å²) in [5, 5.41) is 4.06. The van der Waals surface area contributed by atoms with Gasteiger partial charge < -0.3 is 5.73 Å². The van der Waals surface area contributed by atoms with Gasteiger partial charge in [0.1, 0.15) is 0 Å². The Kier molecular flexibility index (Phi) is 2.68. The second kappa shape index (κ2) is 3.84. The van der Waals surface area contributed by atoms with Crippen molar-refractivity contribution in [1.82, 2.24) is 9.78 Å². The van der Waals surface area contributed by atoms with Gasteiger partial charge in [-0.1, -0.05) is 0 Å². The smallest absolute Gasteiger partial charge is 0.150 e. The van der Waals surface area contributed by atoms with Gasteiger partial charge in [0.25, 0.3) is 0 Å². The summed E-state index contributed by atoms with van der Waals surface area (Å²) in [4.78, 5) is 0. The largest absolute Gasteiger partial charge is 0.396 e. The molecule has 1 fully saturated rings. The zero-order chi connectivity index (χ0) is 10.9. The van der Waals surface area contributed by atoms with E-state index in [1.165, 1.54) is 0 Å². The van der Waals surface area contributed by atoms with E-state index in [0.29, 0.717) is 23.1 Å². The minimum atomic E-state index is -2.75. The molecule has 0 bridgehead atoms. The highest BCUT2D eigenvalue weighted by Gasteiger charge is 2.27. The molecule has 0 radical (unpaired) electrons. The standard InChI is InChI=1S/C9H15N3O2S/c10-9-5-11-12(6-9)3-1-8-2-4-15(13,14)7-8/h5-6,8H,1-4,7,10H2. The van der Waals surface area contributed by atoms with Gasteiger partial charge in [0.05, 0.1) is 23.4 Å². The van der Waals surface area contributed by atoms with E-state index in [0.717, 1.165) is 19.4 Å². The van der Waals surface area contributed by atoms with Gasteiger partial charge in [-0.3, -0.25) is 4.68 Å². The number of nitrogen functional groups attached to an aromatic ring is 1. The van der Waals surface area contributed by atoms with Crippen LogP contribution in [0.3, 0.4) is 0 Å². The lowest BCUT2D eigenvalue weighted by atomic mass is 10.1. The molecule has 1 aromatic heterocycles. The summed E-state index contributed by atoms with van der Waals surface area (Å²) in [5.41, 5.74) is 6.17. The van der Waals surface area contributed by atoms with Crippen LogP contribution in [0.4, 0.5) is 5.69 Å². The molecule has 5 nitrogen and oxygen atoms in total. The number of hydrogen-bond donors (Lipinski definition) is 1. The number of aryl methyl sites for hydroxylation is 1. The first-order chi connectivity index (χ1) is 7.05. The normalized spacial score (nSPS) is 24.4. The Balaban J connectivity index is 1.85. The molecule has 0 spiro atoms. The first kappa shape index (κ1) is 10.5. The van der Waals surface area contributed by atoms with E-state index in [-0.39, 0.29) is 0 Å². The third kappa shape index (κ3) is 2.71. The Morgan fingerprint density at radius 2 is 2.40 bits per heavy atom. The molecular formula is C9H15N3O2S. The van der Waals surface area contributed by atoms with Crippen LogP contribution < -0.4 is 5.73 Å². The van der Waals surface area contributed by atoms with E-state index < -0.39 is 9.84 Å². The minimum absolute atomic E-state index is 0.292. The number of hydrogen-bond acceptors (Lipinski definition) is 4. The van der Waals surface area contributed by atoms with Crippen LogP contribution in [0.5, 0.6) is 0 Å². The number of nitrogens with zero attached hydrogens (tertiary/aromatic N) is 2. The highest BCUT2D eigenvalue weighted by Crippen LogP contribution is 2.22. The van der Waals surface area contributed by atoms with Gasteiger partial charge in [-0.05, 0) is 18.8 Å². The summed E-state index contributed by atoms with van der Waals surface area (Å²) < 4.78 is 24.2. The van der Waals surface area contributed by atoms with Crippen LogP contribution in [0.1, 0.15) is 12.8 Å². The molecule has 6 heteroatoms. The van der Waals surface area contributed by atoms with E-state index in [1.54, 1.807) is 17.1 Å². The first-order valence-corrected chi connectivity index (χ1v) is 6.86. The molecule has 0 saturated carbocycles. The molecule has 0 aliphatic carbocycles. The Morgan fingerprint density at radius 1 is 1.60 bits per heavy atom. The summed E-state index contributed by atoms with van der Waals surface area (Å²) in [5.74, 6) is 0.975. The molecule has 1 unspecified atom stereocenters. The van der Waals surface area contributed by atoms with Crippen LogP contribution in [-0.4, -0.2) is 29.7 Å². The van der Waals surface area contributed by atoms with Crippen molar-refractivity contribution in [2.45, 2.75) is 19.4 Å². The lowest BCUT2D eigenvalue weighted by Gasteiger charge is -2.06. The van der Waals surface area contributed by atoms with Crippen molar-refractivity contribution in [2.24, 2.45) is 5.92 Å². The van der Waals surface area contributed by atoms with Crippen molar-refractivity contribution in [3.05, 3.63) is 12.4 Å². The fourth-order valence-electron chi connectivity index (χ4n) is 1.92. The van der Waals surface area contributed by atoms with E-state index in [4.69, 9.17) is 5.73 Å². The van der Waals surface area contributed by atoms with Crippen molar-refractivity contribution in [2.75, 3.05) is 17.2 Å². The molecule has 1 aliphatic heterocycles. The van der Waals surface area contributed by atoms with Gasteiger partial charge in [0.15, 0.2) is 9.84 Å². The van der Waals surface area contributed by atoms with E-state index in [9.17, 15) is 8.42 Å². The van der Waals surface area contributed by atoms with Crippen molar-refractivity contribution >= 4 is 15.5 Å². The van der Waals surface area contributed by atoms with Crippen LogP contribution in [0.15, 0.2) is 12.4 Å². The molecule has 1 aliphatic rings. The fourth-order valence-corrected chi connectivity index (χ4v) is 3.83. The van der Waals surface area contributed by atoms with Gasteiger partial charge in [0.2, 0.25) is 0 Å². The third-order valence-corrected chi connectivity index (χ3v) is 4.58. The van der Waals surface area contributed by atoms with Crippen LogP contribution in [0.2, 0.25) is 0 Å². The number of sulfone groups is 1. The van der Waals surface area contributed by atoms with Gasteiger partial charge in [-0.25, -0.2) is 8.42 Å². The number of aromatic nitrogens is 2. The summed E-state index contributed by atoms with van der Waals surface area (Å²) in [7, 11) is -2.75. The molecule has 2 N–H and O–H groups in total. The monoisotopic (exact) mass is 229 g/mol. The highest BCUT2D eigenvalue weighted by molar-refractivity contribution is 7.91. The fraction of sp³-hybridized carbons (Fsp3) is 0.667. The molecule has 15 heavy (non-hydrogen) atoms. The average molecular weight is 229 g/mol. The Hall–Kier alpha value is -1.04. The number of anilines is 1. The molecule has 1 saturated heterocycles. The number of nitrogens with two attached hydrogens (primary N) is 1. The first-order valence-electron chi connectivity index (χ1n) is 5.03.